The second-order valence-corrected chi connectivity index (χ2v) is 2.33. The van der Waals surface area contributed by atoms with E-state index in [4.69, 9.17) is 5.11 Å². The van der Waals surface area contributed by atoms with Crippen LogP contribution in [0.4, 0.5) is 0 Å². The molecule has 0 aromatic carbocycles. The third-order valence-electron chi connectivity index (χ3n) is 0.936. The van der Waals surface area contributed by atoms with E-state index in [0.717, 1.165) is 6.42 Å². The van der Waals surface area contributed by atoms with E-state index in [1.165, 1.54) is 0 Å². The first kappa shape index (κ1) is 12.2. The minimum Gasteiger partial charge on any atom is -0.481 e. The summed E-state index contributed by atoms with van der Waals surface area (Å²) in [5.41, 5.74) is 0. The predicted molar refractivity (Wildman–Crippen MR) is 37.5 cm³/mol. The van der Waals surface area contributed by atoms with Crippen molar-refractivity contribution in [3.05, 3.63) is 0 Å². The van der Waals surface area contributed by atoms with Crippen molar-refractivity contribution >= 4 is 35.5 Å². The maximum absolute atomic E-state index is 9.90. The van der Waals surface area contributed by atoms with E-state index in [2.05, 4.69) is 0 Å². The number of carboxylic acids is 1. The van der Waals surface area contributed by atoms with Crippen molar-refractivity contribution in [3.8, 4) is 0 Å². The zero-order valence-corrected chi connectivity index (χ0v) is 8.35. The Labute approximate surface area is 77.9 Å². The molecule has 0 rings (SSSR count). The van der Waals surface area contributed by atoms with Crippen molar-refractivity contribution in [1.82, 2.24) is 0 Å². The Bertz CT molecular complexity index is 81.1. The molecule has 1 radical (unpaired) electrons. The summed E-state index contributed by atoms with van der Waals surface area (Å²) in [6, 6.07) is 0. The number of carbonyl (C=O) groups is 1. The summed E-state index contributed by atoms with van der Waals surface area (Å²) in [4.78, 5) is 9.90. The van der Waals surface area contributed by atoms with Gasteiger partial charge in [0.15, 0.2) is 0 Å². The van der Waals surface area contributed by atoms with Gasteiger partial charge in [0.25, 0.3) is 0 Å². The van der Waals surface area contributed by atoms with E-state index in [9.17, 15) is 4.79 Å². The zero-order valence-electron chi connectivity index (χ0n) is 6.35. The summed E-state index contributed by atoms with van der Waals surface area (Å²) in [6.07, 6.45) is 1.09. The van der Waals surface area contributed by atoms with Crippen molar-refractivity contribution in [2.45, 2.75) is 26.7 Å². The fraction of sp³-hybridized carbons (Fsp3) is 0.833. The van der Waals surface area contributed by atoms with E-state index in [1.807, 2.05) is 13.8 Å². The molecule has 0 heterocycles. The zero-order chi connectivity index (χ0) is 6.57. The van der Waals surface area contributed by atoms with E-state index in [1.54, 1.807) is 0 Å². The molecular weight excluding hydrogens is 127 g/mol. The van der Waals surface area contributed by atoms with E-state index in [0.29, 0.717) is 12.3 Å². The normalized spacial score (nSPS) is 8.78. The summed E-state index contributed by atoms with van der Waals surface area (Å²) in [5, 5.41) is 8.16. The molecule has 0 spiro atoms. The first-order valence-electron chi connectivity index (χ1n) is 2.84. The van der Waals surface area contributed by atoms with Crippen LogP contribution in [0.1, 0.15) is 26.7 Å². The first-order valence-corrected chi connectivity index (χ1v) is 2.84. The van der Waals surface area contributed by atoms with Gasteiger partial charge in [-0.1, -0.05) is 13.8 Å². The monoisotopic (exact) mass is 139 g/mol. The average molecular weight is 139 g/mol. The van der Waals surface area contributed by atoms with Crippen LogP contribution in [0.3, 0.4) is 0 Å². The van der Waals surface area contributed by atoms with Crippen LogP contribution in [0.25, 0.3) is 0 Å². The number of hydrogen-bond donors (Lipinski definition) is 1. The number of hydrogen-bond acceptors (Lipinski definition) is 1. The SMILES string of the molecule is CC(C)CCC(=O)O.[Na]. The molecule has 0 bridgehead atoms. The van der Waals surface area contributed by atoms with Gasteiger partial charge in [-0.15, -0.1) is 0 Å². The minimum atomic E-state index is -0.696. The molecule has 0 aliphatic heterocycles. The van der Waals surface area contributed by atoms with Gasteiger partial charge in [-0.05, 0) is 12.3 Å². The van der Waals surface area contributed by atoms with Crippen LogP contribution >= 0.6 is 0 Å². The standard InChI is InChI=1S/C6H12O2.Na/c1-5(2)3-4-6(7)8;/h5H,3-4H2,1-2H3,(H,7,8);. The van der Waals surface area contributed by atoms with E-state index >= 15 is 0 Å². The Morgan fingerprint density at radius 1 is 1.56 bits per heavy atom. The summed E-state index contributed by atoms with van der Waals surface area (Å²) in [5.74, 6) is -0.190. The molecule has 0 saturated heterocycles. The van der Waals surface area contributed by atoms with Gasteiger partial charge < -0.3 is 5.11 Å². The molecule has 0 aliphatic rings. The third kappa shape index (κ3) is 11.8. The van der Waals surface area contributed by atoms with E-state index in [-0.39, 0.29) is 29.6 Å². The summed E-state index contributed by atoms with van der Waals surface area (Å²) >= 11 is 0. The second kappa shape index (κ2) is 6.59. The molecule has 2 nitrogen and oxygen atoms in total. The topological polar surface area (TPSA) is 37.3 Å². The Morgan fingerprint density at radius 2 is 2.00 bits per heavy atom. The molecule has 0 saturated carbocycles. The van der Waals surface area contributed by atoms with Gasteiger partial charge in [-0.3, -0.25) is 4.79 Å². The van der Waals surface area contributed by atoms with Crippen molar-refractivity contribution in [2.24, 2.45) is 5.92 Å². The van der Waals surface area contributed by atoms with Crippen LogP contribution in [-0.2, 0) is 4.79 Å². The van der Waals surface area contributed by atoms with Gasteiger partial charge >= 0.3 is 5.97 Å². The van der Waals surface area contributed by atoms with Crippen molar-refractivity contribution < 1.29 is 9.90 Å². The van der Waals surface area contributed by atoms with Crippen LogP contribution in [0.15, 0.2) is 0 Å². The largest absolute Gasteiger partial charge is 0.481 e. The van der Waals surface area contributed by atoms with E-state index < -0.39 is 5.97 Å². The van der Waals surface area contributed by atoms with Crippen LogP contribution in [0.2, 0.25) is 0 Å². The first-order chi connectivity index (χ1) is 3.63. The Morgan fingerprint density at radius 3 is 2.11 bits per heavy atom. The molecule has 1 N–H and O–H groups in total. The summed E-state index contributed by atoms with van der Waals surface area (Å²) < 4.78 is 0. The molecule has 0 aromatic rings. The smallest absolute Gasteiger partial charge is 0.303 e. The summed E-state index contributed by atoms with van der Waals surface area (Å²) in [6.45, 7) is 4.03. The predicted octanol–water partition coefficient (Wildman–Crippen LogP) is 1.13. The molecule has 0 aliphatic carbocycles. The molecule has 49 valence electrons. The third-order valence-corrected chi connectivity index (χ3v) is 0.936. The van der Waals surface area contributed by atoms with Gasteiger partial charge in [0.05, 0.1) is 0 Å². The van der Waals surface area contributed by atoms with Crippen molar-refractivity contribution in [3.63, 3.8) is 0 Å². The molecular formula is C6H12NaO2. The van der Waals surface area contributed by atoms with Crippen LogP contribution < -0.4 is 0 Å². The average Bonchev–Trinajstić information content (AvgIpc) is 1.61. The molecule has 3 heteroatoms. The quantitative estimate of drug-likeness (QED) is 0.595. The van der Waals surface area contributed by atoms with Crippen molar-refractivity contribution in [2.75, 3.05) is 0 Å². The maximum atomic E-state index is 9.90. The Kier molecular flexibility index (Phi) is 8.91. The van der Waals surface area contributed by atoms with Gasteiger partial charge in [0, 0.05) is 36.0 Å². The number of rotatable bonds is 3. The second-order valence-electron chi connectivity index (χ2n) is 2.33. The van der Waals surface area contributed by atoms with Crippen molar-refractivity contribution in [1.29, 1.82) is 0 Å². The van der Waals surface area contributed by atoms with Crippen LogP contribution in [0, 0.1) is 5.92 Å². The van der Waals surface area contributed by atoms with Crippen LogP contribution in [-0.4, -0.2) is 40.6 Å². The Balaban J connectivity index is 0. The van der Waals surface area contributed by atoms with Gasteiger partial charge in [0.1, 0.15) is 0 Å². The fourth-order valence-corrected chi connectivity index (χ4v) is 0.412. The number of aliphatic carboxylic acids is 1. The van der Waals surface area contributed by atoms with Gasteiger partial charge in [-0.2, -0.15) is 0 Å². The minimum absolute atomic E-state index is 0. The molecule has 9 heavy (non-hydrogen) atoms. The van der Waals surface area contributed by atoms with Crippen LogP contribution in [0.5, 0.6) is 0 Å². The molecule has 0 atom stereocenters. The molecule has 0 amide bonds. The molecule has 0 fully saturated rings. The summed E-state index contributed by atoms with van der Waals surface area (Å²) in [7, 11) is 0. The Hall–Kier alpha value is 0.470. The fourth-order valence-electron chi connectivity index (χ4n) is 0.412. The van der Waals surface area contributed by atoms with Gasteiger partial charge in [0.2, 0.25) is 0 Å². The van der Waals surface area contributed by atoms with Gasteiger partial charge in [-0.25, -0.2) is 0 Å². The molecule has 0 unspecified atom stereocenters. The number of carboxylic acid groups (broad SMARTS) is 1. The maximum Gasteiger partial charge on any atom is 0.303 e. The molecule has 0 aromatic heterocycles.